The maximum Gasteiger partial charge on any atom is 0.416 e. The first-order valence-electron chi connectivity index (χ1n) is 11.3. The Labute approximate surface area is 197 Å². The van der Waals surface area contributed by atoms with Gasteiger partial charge in [-0.25, -0.2) is 0 Å². The third-order valence-corrected chi connectivity index (χ3v) is 5.52. The van der Waals surface area contributed by atoms with Crippen molar-refractivity contribution in [2.24, 2.45) is 5.92 Å². The van der Waals surface area contributed by atoms with Crippen LogP contribution in [-0.4, -0.2) is 38.1 Å². The fourth-order valence-electron chi connectivity index (χ4n) is 3.82. The minimum Gasteiger partial charge on any atom is -0.378 e. The lowest BCUT2D eigenvalue weighted by atomic mass is 10.0. The normalized spacial score (nSPS) is 15.2. The quantitative estimate of drug-likeness (QED) is 0.602. The molecule has 1 heterocycles. The van der Waals surface area contributed by atoms with Crippen LogP contribution in [0.4, 0.5) is 18.9 Å². The van der Waals surface area contributed by atoms with Crippen molar-refractivity contribution in [1.29, 1.82) is 0 Å². The first-order chi connectivity index (χ1) is 16.1. The molecular formula is C25H30F3N3O3. The summed E-state index contributed by atoms with van der Waals surface area (Å²) in [6.07, 6.45) is -4.34. The van der Waals surface area contributed by atoms with E-state index >= 15 is 0 Å². The van der Waals surface area contributed by atoms with E-state index in [0.29, 0.717) is 37.6 Å². The van der Waals surface area contributed by atoms with E-state index in [9.17, 15) is 22.8 Å². The summed E-state index contributed by atoms with van der Waals surface area (Å²) in [5.74, 6) is -0.780. The Morgan fingerprint density at radius 1 is 1.06 bits per heavy atom. The van der Waals surface area contributed by atoms with E-state index in [-0.39, 0.29) is 30.4 Å². The van der Waals surface area contributed by atoms with Crippen LogP contribution < -0.4 is 15.5 Å². The van der Waals surface area contributed by atoms with Gasteiger partial charge in [0.05, 0.1) is 18.8 Å². The molecule has 0 saturated carbocycles. The molecule has 0 bridgehead atoms. The molecule has 0 spiro atoms. The number of rotatable bonds is 8. The van der Waals surface area contributed by atoms with Crippen LogP contribution in [0.1, 0.15) is 43.0 Å². The van der Waals surface area contributed by atoms with Gasteiger partial charge >= 0.3 is 6.18 Å². The van der Waals surface area contributed by atoms with Gasteiger partial charge in [0.1, 0.15) is 6.04 Å². The van der Waals surface area contributed by atoms with Gasteiger partial charge in [0.15, 0.2) is 0 Å². The first-order valence-corrected chi connectivity index (χ1v) is 11.3. The molecule has 1 aliphatic rings. The predicted molar refractivity (Wildman–Crippen MR) is 123 cm³/mol. The minimum absolute atomic E-state index is 0.0434. The van der Waals surface area contributed by atoms with Crippen molar-refractivity contribution >= 4 is 17.5 Å². The van der Waals surface area contributed by atoms with E-state index in [1.165, 1.54) is 6.07 Å². The molecule has 0 aliphatic carbocycles. The number of anilines is 1. The van der Waals surface area contributed by atoms with Crippen LogP contribution in [0.25, 0.3) is 0 Å². The van der Waals surface area contributed by atoms with Crippen LogP contribution in [0.15, 0.2) is 48.5 Å². The molecule has 1 unspecified atom stereocenters. The molecule has 2 aromatic rings. The summed E-state index contributed by atoms with van der Waals surface area (Å²) in [7, 11) is 0. The van der Waals surface area contributed by atoms with Gasteiger partial charge in [0.2, 0.25) is 11.8 Å². The Bertz CT molecular complexity index is 974. The highest BCUT2D eigenvalue weighted by molar-refractivity contribution is 5.88. The number of morpholine rings is 1. The van der Waals surface area contributed by atoms with Gasteiger partial charge < -0.3 is 20.3 Å². The van der Waals surface area contributed by atoms with Crippen molar-refractivity contribution in [3.8, 4) is 0 Å². The number of halogens is 3. The Hall–Kier alpha value is -3.07. The molecule has 3 rings (SSSR count). The van der Waals surface area contributed by atoms with Crippen LogP contribution in [0.2, 0.25) is 0 Å². The molecule has 9 heteroatoms. The molecular weight excluding hydrogens is 447 g/mol. The van der Waals surface area contributed by atoms with E-state index in [1.54, 1.807) is 36.4 Å². The van der Waals surface area contributed by atoms with Crippen molar-refractivity contribution in [1.82, 2.24) is 10.6 Å². The van der Waals surface area contributed by atoms with E-state index in [0.717, 1.165) is 6.07 Å². The van der Waals surface area contributed by atoms with E-state index < -0.39 is 23.7 Å². The molecule has 2 aromatic carbocycles. The van der Waals surface area contributed by atoms with Gasteiger partial charge in [-0.1, -0.05) is 50.2 Å². The molecule has 2 N–H and O–H groups in total. The maximum atomic E-state index is 13.8. The second-order valence-corrected chi connectivity index (χ2v) is 8.67. The number of carbonyl (C=O) groups excluding carboxylic acids is 2. The molecule has 184 valence electrons. The number of ether oxygens (including phenoxy) is 1. The summed E-state index contributed by atoms with van der Waals surface area (Å²) in [6, 6.07) is 11.8. The number of benzene rings is 2. The molecule has 6 nitrogen and oxygen atoms in total. The molecule has 2 amide bonds. The van der Waals surface area contributed by atoms with E-state index in [1.807, 2.05) is 18.7 Å². The number of alkyl halides is 3. The number of hydrogen-bond acceptors (Lipinski definition) is 4. The summed E-state index contributed by atoms with van der Waals surface area (Å²) >= 11 is 0. The van der Waals surface area contributed by atoms with Crippen LogP contribution in [-0.2, 0) is 27.0 Å². The lowest BCUT2D eigenvalue weighted by Crippen LogP contribution is -2.40. The molecule has 34 heavy (non-hydrogen) atoms. The van der Waals surface area contributed by atoms with Gasteiger partial charge in [-0.15, -0.1) is 0 Å². The molecule has 0 aromatic heterocycles. The Balaban J connectivity index is 1.78. The monoisotopic (exact) mass is 477 g/mol. The van der Waals surface area contributed by atoms with Crippen molar-refractivity contribution in [3.05, 3.63) is 65.2 Å². The molecule has 1 atom stereocenters. The van der Waals surface area contributed by atoms with Crippen LogP contribution in [0, 0.1) is 5.92 Å². The number of amides is 2. The second-order valence-electron chi connectivity index (χ2n) is 8.67. The van der Waals surface area contributed by atoms with Crippen molar-refractivity contribution in [3.63, 3.8) is 0 Å². The highest BCUT2D eigenvalue weighted by atomic mass is 19.4. The number of nitrogens with zero attached hydrogens (tertiary/aromatic N) is 1. The fraction of sp³-hybridized carbons (Fsp3) is 0.440. The average Bonchev–Trinajstić information content (AvgIpc) is 2.81. The van der Waals surface area contributed by atoms with Gasteiger partial charge in [-0.2, -0.15) is 13.2 Å². The zero-order valence-corrected chi connectivity index (χ0v) is 19.3. The average molecular weight is 478 g/mol. The van der Waals surface area contributed by atoms with Gasteiger partial charge in [0, 0.05) is 31.7 Å². The van der Waals surface area contributed by atoms with E-state index in [4.69, 9.17) is 4.74 Å². The van der Waals surface area contributed by atoms with Crippen LogP contribution >= 0.6 is 0 Å². The van der Waals surface area contributed by atoms with Crippen molar-refractivity contribution in [2.75, 3.05) is 31.2 Å². The summed E-state index contributed by atoms with van der Waals surface area (Å²) in [5.41, 5.74) is 0.180. The lowest BCUT2D eigenvalue weighted by Gasteiger charge is -2.30. The highest BCUT2D eigenvalue weighted by Crippen LogP contribution is 2.35. The predicted octanol–water partition coefficient (Wildman–Crippen LogP) is 4.06. The maximum absolute atomic E-state index is 13.8. The van der Waals surface area contributed by atoms with Crippen molar-refractivity contribution in [2.45, 2.75) is 39.0 Å². The number of nitrogens with one attached hydrogen (secondary N) is 2. The molecule has 1 fully saturated rings. The van der Waals surface area contributed by atoms with Gasteiger partial charge in [-0.3, -0.25) is 9.59 Å². The zero-order chi connectivity index (χ0) is 24.7. The third kappa shape index (κ3) is 6.96. The standard InChI is InChI=1S/C25H30F3N3O3/c1-17(2)14-22(32)30-23(18-6-4-3-5-7-18)24(33)29-16-19-8-9-20(15-21(19)25(26,27)28)31-10-12-34-13-11-31/h3-9,15,17,23H,10-14,16H2,1-2H3,(H,29,33)(H,30,32). The highest BCUT2D eigenvalue weighted by Gasteiger charge is 2.34. The summed E-state index contributed by atoms with van der Waals surface area (Å²) in [5, 5.41) is 5.29. The van der Waals surface area contributed by atoms with Crippen LogP contribution in [0.5, 0.6) is 0 Å². The van der Waals surface area contributed by atoms with Crippen LogP contribution in [0.3, 0.4) is 0 Å². The third-order valence-electron chi connectivity index (χ3n) is 5.52. The molecule has 0 radical (unpaired) electrons. The smallest absolute Gasteiger partial charge is 0.378 e. The lowest BCUT2D eigenvalue weighted by molar-refractivity contribution is -0.138. The first kappa shape index (κ1) is 25.6. The zero-order valence-electron chi connectivity index (χ0n) is 19.3. The second kappa shape index (κ2) is 11.4. The van der Waals surface area contributed by atoms with E-state index in [2.05, 4.69) is 10.6 Å². The number of carbonyl (C=O) groups is 2. The molecule has 1 aliphatic heterocycles. The summed E-state index contributed by atoms with van der Waals surface area (Å²) < 4.78 is 46.7. The summed E-state index contributed by atoms with van der Waals surface area (Å²) in [6.45, 7) is 5.41. The topological polar surface area (TPSA) is 70.7 Å². The van der Waals surface area contributed by atoms with Gasteiger partial charge in [0.25, 0.3) is 0 Å². The molecule has 1 saturated heterocycles. The Kier molecular flexibility index (Phi) is 8.55. The van der Waals surface area contributed by atoms with Gasteiger partial charge in [-0.05, 0) is 29.2 Å². The minimum atomic E-state index is -4.58. The number of hydrogen-bond donors (Lipinski definition) is 2. The Morgan fingerprint density at radius 3 is 2.35 bits per heavy atom. The van der Waals surface area contributed by atoms with Crippen molar-refractivity contribution < 1.29 is 27.5 Å². The summed E-state index contributed by atoms with van der Waals surface area (Å²) in [4.78, 5) is 27.2. The largest absolute Gasteiger partial charge is 0.416 e. The SMILES string of the molecule is CC(C)CC(=O)NC(C(=O)NCc1ccc(N2CCOCC2)cc1C(F)(F)F)c1ccccc1. The fourth-order valence-corrected chi connectivity index (χ4v) is 3.82. The Morgan fingerprint density at radius 2 is 1.74 bits per heavy atom.